The minimum Gasteiger partial charge on any atom is -0.497 e. The van der Waals surface area contributed by atoms with Gasteiger partial charge in [-0.3, -0.25) is 0 Å². The van der Waals surface area contributed by atoms with Gasteiger partial charge in [0, 0.05) is 5.69 Å². The van der Waals surface area contributed by atoms with Crippen LogP contribution in [0.3, 0.4) is 0 Å². The van der Waals surface area contributed by atoms with Crippen molar-refractivity contribution in [2.45, 2.75) is 26.3 Å². The molecule has 0 fully saturated rings. The predicted octanol–water partition coefficient (Wildman–Crippen LogP) is 4.74. The maximum atomic E-state index is 5.35. The highest BCUT2D eigenvalue weighted by molar-refractivity contribution is 5.60. The molecule has 1 atom stereocenters. The molecule has 2 aromatic rings. The molecule has 1 N–H and O–H groups in total. The van der Waals surface area contributed by atoms with Crippen LogP contribution in [0.4, 0.5) is 5.69 Å². The van der Waals surface area contributed by atoms with Gasteiger partial charge in [0.1, 0.15) is 5.75 Å². The van der Waals surface area contributed by atoms with Gasteiger partial charge in [-0.05, 0) is 55.2 Å². The number of methoxy groups -OCH3 is 1. The highest BCUT2D eigenvalue weighted by atomic mass is 16.5. The molecule has 1 unspecified atom stereocenters. The first-order chi connectivity index (χ1) is 10.2. The Morgan fingerprint density at radius 3 is 2.52 bits per heavy atom. The number of hydrogen-bond acceptors (Lipinski definition) is 2. The van der Waals surface area contributed by atoms with E-state index in [1.165, 1.54) is 28.0 Å². The Morgan fingerprint density at radius 2 is 1.81 bits per heavy atom. The normalized spacial score (nSPS) is 17.8. The molecule has 0 saturated carbocycles. The Labute approximate surface area is 126 Å². The van der Waals surface area contributed by atoms with Crippen molar-refractivity contribution in [1.82, 2.24) is 0 Å². The SMILES string of the molecule is COc1ccc2c(c1)CC(C)=C(C)C(c1ccccc1)N2. The van der Waals surface area contributed by atoms with Crippen LogP contribution < -0.4 is 10.1 Å². The van der Waals surface area contributed by atoms with Gasteiger partial charge in [0.25, 0.3) is 0 Å². The van der Waals surface area contributed by atoms with Gasteiger partial charge in [0.15, 0.2) is 0 Å². The molecule has 108 valence electrons. The molecule has 3 rings (SSSR count). The largest absolute Gasteiger partial charge is 0.497 e. The number of benzene rings is 2. The summed E-state index contributed by atoms with van der Waals surface area (Å²) in [5.41, 5.74) is 6.61. The van der Waals surface area contributed by atoms with Crippen molar-refractivity contribution in [2.75, 3.05) is 12.4 Å². The van der Waals surface area contributed by atoms with Crippen LogP contribution in [0.15, 0.2) is 59.7 Å². The summed E-state index contributed by atoms with van der Waals surface area (Å²) in [5, 5.41) is 3.69. The molecule has 0 aliphatic carbocycles. The third-order valence-electron chi connectivity index (χ3n) is 4.31. The van der Waals surface area contributed by atoms with Gasteiger partial charge >= 0.3 is 0 Å². The van der Waals surface area contributed by atoms with E-state index in [-0.39, 0.29) is 6.04 Å². The molecule has 1 aliphatic heterocycles. The minimum atomic E-state index is 0.237. The first-order valence-corrected chi connectivity index (χ1v) is 7.33. The summed E-state index contributed by atoms with van der Waals surface area (Å²) < 4.78 is 5.35. The van der Waals surface area contributed by atoms with Crippen LogP contribution >= 0.6 is 0 Å². The van der Waals surface area contributed by atoms with Gasteiger partial charge in [0.05, 0.1) is 13.2 Å². The maximum absolute atomic E-state index is 5.35. The number of hydrogen-bond donors (Lipinski definition) is 1. The van der Waals surface area contributed by atoms with Crippen LogP contribution in [0.5, 0.6) is 5.75 Å². The summed E-state index contributed by atoms with van der Waals surface area (Å²) in [6.07, 6.45) is 0.967. The van der Waals surface area contributed by atoms with Crippen LogP contribution in [0.25, 0.3) is 0 Å². The predicted molar refractivity (Wildman–Crippen MR) is 87.9 cm³/mol. The Kier molecular flexibility index (Phi) is 3.70. The fraction of sp³-hybridized carbons (Fsp3) is 0.263. The highest BCUT2D eigenvalue weighted by Crippen LogP contribution is 2.36. The van der Waals surface area contributed by atoms with Crippen molar-refractivity contribution < 1.29 is 4.74 Å². The molecule has 2 nitrogen and oxygen atoms in total. The molecule has 1 aliphatic rings. The van der Waals surface area contributed by atoms with E-state index in [0.29, 0.717) is 0 Å². The van der Waals surface area contributed by atoms with Crippen LogP contribution in [0.2, 0.25) is 0 Å². The van der Waals surface area contributed by atoms with E-state index in [1.54, 1.807) is 7.11 Å². The summed E-state index contributed by atoms with van der Waals surface area (Å²) in [6.45, 7) is 4.45. The minimum absolute atomic E-state index is 0.237. The average molecular weight is 279 g/mol. The Hall–Kier alpha value is -2.22. The fourth-order valence-electron chi connectivity index (χ4n) is 2.90. The molecule has 2 heteroatoms. The Balaban J connectivity index is 2.05. The van der Waals surface area contributed by atoms with E-state index in [1.807, 2.05) is 6.07 Å². The third-order valence-corrected chi connectivity index (χ3v) is 4.31. The van der Waals surface area contributed by atoms with E-state index in [9.17, 15) is 0 Å². The van der Waals surface area contributed by atoms with Crippen molar-refractivity contribution in [3.8, 4) is 5.75 Å². The van der Waals surface area contributed by atoms with Crippen LogP contribution in [-0.2, 0) is 6.42 Å². The van der Waals surface area contributed by atoms with E-state index in [4.69, 9.17) is 4.74 Å². The second-order valence-corrected chi connectivity index (χ2v) is 5.65. The smallest absolute Gasteiger partial charge is 0.119 e. The topological polar surface area (TPSA) is 21.3 Å². The standard InChI is InChI=1S/C19H21NO/c1-13-11-16-12-17(21-3)9-10-18(16)20-19(14(13)2)15-7-5-4-6-8-15/h4-10,12,19-20H,11H2,1-3H3. The molecule has 2 aromatic carbocycles. The zero-order valence-corrected chi connectivity index (χ0v) is 12.8. The number of ether oxygens (including phenoxy) is 1. The average Bonchev–Trinajstić information content (AvgIpc) is 2.65. The molecule has 0 radical (unpaired) electrons. The molecule has 1 heterocycles. The van der Waals surface area contributed by atoms with Crippen molar-refractivity contribution in [2.24, 2.45) is 0 Å². The van der Waals surface area contributed by atoms with Gasteiger partial charge in [-0.25, -0.2) is 0 Å². The maximum Gasteiger partial charge on any atom is 0.119 e. The summed E-state index contributed by atoms with van der Waals surface area (Å²) >= 11 is 0. The Morgan fingerprint density at radius 1 is 1.05 bits per heavy atom. The number of fused-ring (bicyclic) bond motifs is 1. The number of nitrogens with one attached hydrogen (secondary N) is 1. The van der Waals surface area contributed by atoms with E-state index >= 15 is 0 Å². The van der Waals surface area contributed by atoms with Crippen molar-refractivity contribution in [1.29, 1.82) is 0 Å². The lowest BCUT2D eigenvalue weighted by Crippen LogP contribution is -2.12. The molecule has 0 saturated heterocycles. The van der Waals surface area contributed by atoms with Crippen LogP contribution in [0.1, 0.15) is 31.0 Å². The monoisotopic (exact) mass is 279 g/mol. The van der Waals surface area contributed by atoms with Gasteiger partial charge in [-0.2, -0.15) is 0 Å². The second-order valence-electron chi connectivity index (χ2n) is 5.65. The molecule has 21 heavy (non-hydrogen) atoms. The van der Waals surface area contributed by atoms with Crippen molar-refractivity contribution in [3.63, 3.8) is 0 Å². The van der Waals surface area contributed by atoms with Gasteiger partial charge in [-0.15, -0.1) is 0 Å². The lowest BCUT2D eigenvalue weighted by molar-refractivity contribution is 0.414. The lowest BCUT2D eigenvalue weighted by atomic mass is 9.95. The first kappa shape index (κ1) is 13.7. The number of rotatable bonds is 2. The molecular weight excluding hydrogens is 258 g/mol. The Bertz CT molecular complexity index is 673. The van der Waals surface area contributed by atoms with Gasteiger partial charge in [-0.1, -0.05) is 35.9 Å². The van der Waals surface area contributed by atoms with E-state index in [2.05, 4.69) is 61.6 Å². The molecule has 0 spiro atoms. The summed E-state index contributed by atoms with van der Waals surface area (Å²) in [6, 6.07) is 17.1. The van der Waals surface area contributed by atoms with E-state index in [0.717, 1.165) is 12.2 Å². The summed E-state index contributed by atoms with van der Waals surface area (Å²) in [5.74, 6) is 0.916. The number of allylic oxidation sites excluding steroid dienone is 1. The highest BCUT2D eigenvalue weighted by Gasteiger charge is 2.21. The fourth-order valence-corrected chi connectivity index (χ4v) is 2.90. The van der Waals surface area contributed by atoms with E-state index < -0.39 is 0 Å². The second kappa shape index (κ2) is 5.65. The van der Waals surface area contributed by atoms with Crippen LogP contribution in [-0.4, -0.2) is 7.11 Å². The molecule has 0 aromatic heterocycles. The molecular formula is C19H21NO. The lowest BCUT2D eigenvalue weighted by Gasteiger charge is -2.21. The summed E-state index contributed by atoms with van der Waals surface area (Å²) in [4.78, 5) is 0. The third kappa shape index (κ3) is 2.66. The molecule has 0 bridgehead atoms. The zero-order valence-electron chi connectivity index (χ0n) is 12.8. The van der Waals surface area contributed by atoms with Crippen LogP contribution in [0, 0.1) is 0 Å². The number of anilines is 1. The van der Waals surface area contributed by atoms with Gasteiger partial charge < -0.3 is 10.1 Å². The van der Waals surface area contributed by atoms with Gasteiger partial charge in [0.2, 0.25) is 0 Å². The van der Waals surface area contributed by atoms with Crippen molar-refractivity contribution >= 4 is 5.69 Å². The molecule has 0 amide bonds. The quantitative estimate of drug-likeness (QED) is 0.802. The zero-order chi connectivity index (χ0) is 14.8. The van der Waals surface area contributed by atoms with Crippen molar-refractivity contribution in [3.05, 3.63) is 70.8 Å². The summed E-state index contributed by atoms with van der Waals surface area (Å²) in [7, 11) is 1.71. The first-order valence-electron chi connectivity index (χ1n) is 7.33.